The smallest absolute Gasteiger partial charge is 0.154 e. The van der Waals surface area contributed by atoms with Crippen molar-refractivity contribution in [3.8, 4) is 23.1 Å². The average molecular weight is 541 g/mol. The molecule has 0 bridgehead atoms. The second kappa shape index (κ2) is 9.63. The van der Waals surface area contributed by atoms with Crippen LogP contribution in [0.1, 0.15) is 63.9 Å². The van der Waals surface area contributed by atoms with Crippen LogP contribution in [0.3, 0.4) is 0 Å². The molecule has 0 radical (unpaired) electrons. The summed E-state index contributed by atoms with van der Waals surface area (Å²) in [5.74, 6) is 0.847. The summed E-state index contributed by atoms with van der Waals surface area (Å²) < 4.78 is 17.7. The normalized spacial score (nSPS) is 21.6. The van der Waals surface area contributed by atoms with Gasteiger partial charge in [-0.1, -0.05) is 24.3 Å². The van der Waals surface area contributed by atoms with Gasteiger partial charge in [0.1, 0.15) is 0 Å². The summed E-state index contributed by atoms with van der Waals surface area (Å²) in [6.07, 6.45) is 4.50. The zero-order valence-corrected chi connectivity index (χ0v) is 23.2. The van der Waals surface area contributed by atoms with Crippen LogP contribution in [-0.2, 0) is 16.4 Å². The van der Waals surface area contributed by atoms with Gasteiger partial charge in [-0.25, -0.2) is 18.6 Å². The van der Waals surface area contributed by atoms with E-state index < -0.39 is 21.1 Å². The quantitative estimate of drug-likeness (QED) is 0.344. The minimum atomic E-state index is -1.27. The zero-order valence-electron chi connectivity index (χ0n) is 22.3. The van der Waals surface area contributed by atoms with E-state index in [1.165, 1.54) is 0 Å². The highest BCUT2D eigenvalue weighted by atomic mass is 32.2. The van der Waals surface area contributed by atoms with Gasteiger partial charge in [-0.3, -0.25) is 4.98 Å². The summed E-state index contributed by atoms with van der Waals surface area (Å²) in [6, 6.07) is 20.0. The fourth-order valence-corrected chi connectivity index (χ4v) is 5.99. The van der Waals surface area contributed by atoms with Gasteiger partial charge in [0.25, 0.3) is 0 Å². The van der Waals surface area contributed by atoms with Crippen molar-refractivity contribution in [1.29, 1.82) is 5.26 Å². The van der Waals surface area contributed by atoms with Gasteiger partial charge in [-0.05, 0) is 82.7 Å². The van der Waals surface area contributed by atoms with E-state index in [4.69, 9.17) is 9.97 Å². The molecule has 4 aromatic rings. The van der Waals surface area contributed by atoms with E-state index in [0.29, 0.717) is 18.7 Å². The number of rotatable bonds is 7. The molecule has 2 aliphatic carbocycles. The van der Waals surface area contributed by atoms with Crippen molar-refractivity contribution >= 4 is 21.9 Å². The first-order valence-electron chi connectivity index (χ1n) is 13.4. The Balaban J connectivity index is 1.35. The van der Waals surface area contributed by atoms with E-state index in [2.05, 4.69) is 22.0 Å². The Labute approximate surface area is 230 Å². The molecule has 0 saturated heterocycles. The van der Waals surface area contributed by atoms with Gasteiger partial charge in [0, 0.05) is 10.9 Å². The van der Waals surface area contributed by atoms with E-state index in [0.717, 1.165) is 46.4 Å². The number of fused-ring (bicyclic) bond motifs is 1. The van der Waals surface area contributed by atoms with Crippen LogP contribution in [0.4, 0.5) is 0 Å². The van der Waals surface area contributed by atoms with Gasteiger partial charge in [0.05, 0.1) is 68.2 Å². The molecule has 1 aromatic carbocycles. The maximum Gasteiger partial charge on any atom is 0.154 e. The fourth-order valence-electron chi connectivity index (χ4n) is 5.10. The summed E-state index contributed by atoms with van der Waals surface area (Å²) in [6.45, 7) is 5.83. The first-order valence-corrected chi connectivity index (χ1v) is 14.5. The Bertz CT molecular complexity index is 1610. The molecular weight excluding hydrogens is 508 g/mol. The number of aliphatic hydroxyl groups is 1. The van der Waals surface area contributed by atoms with Crippen molar-refractivity contribution in [2.24, 2.45) is 5.92 Å². The van der Waals surface area contributed by atoms with E-state index in [1.807, 2.05) is 80.2 Å². The van der Waals surface area contributed by atoms with Crippen LogP contribution in [0.25, 0.3) is 28.0 Å². The molecule has 8 nitrogen and oxygen atoms in total. The van der Waals surface area contributed by atoms with Gasteiger partial charge >= 0.3 is 0 Å². The number of benzene rings is 1. The van der Waals surface area contributed by atoms with E-state index in [-0.39, 0.29) is 18.1 Å². The molecule has 2 atom stereocenters. The molecule has 0 aliphatic heterocycles. The lowest BCUT2D eigenvalue weighted by Gasteiger charge is -2.38. The summed E-state index contributed by atoms with van der Waals surface area (Å²) in [4.78, 5) is 9.81. The molecule has 2 saturated carbocycles. The number of nitriles is 1. The highest BCUT2D eigenvalue weighted by Gasteiger charge is 2.46. The summed E-state index contributed by atoms with van der Waals surface area (Å²) in [5.41, 5.74) is 3.78. The summed E-state index contributed by atoms with van der Waals surface area (Å²) in [5, 5.41) is 25.2. The number of aromatic nitrogens is 4. The molecular formula is C30H32N6O2S. The lowest BCUT2D eigenvalue weighted by atomic mass is 9.76. The van der Waals surface area contributed by atoms with Crippen LogP contribution in [0.2, 0.25) is 0 Å². The van der Waals surface area contributed by atoms with Crippen LogP contribution in [0, 0.1) is 17.2 Å². The Morgan fingerprint density at radius 1 is 1.13 bits per heavy atom. The second-order valence-electron chi connectivity index (χ2n) is 11.7. The van der Waals surface area contributed by atoms with E-state index in [9.17, 15) is 14.6 Å². The number of pyridine rings is 2. The monoisotopic (exact) mass is 540 g/mol. The number of hydrogen-bond donors (Lipinski definition) is 2. The molecule has 2 aliphatic rings. The van der Waals surface area contributed by atoms with Crippen LogP contribution in [-0.4, -0.2) is 39.9 Å². The van der Waals surface area contributed by atoms with Gasteiger partial charge < -0.3 is 5.11 Å². The molecule has 3 heterocycles. The number of nitrogens with one attached hydrogen (secondary N) is 1. The molecule has 2 N–H and O–H groups in total. The van der Waals surface area contributed by atoms with Crippen molar-refractivity contribution in [2.45, 2.75) is 68.8 Å². The van der Waals surface area contributed by atoms with Crippen molar-refractivity contribution in [2.75, 3.05) is 0 Å². The molecule has 0 spiro atoms. The molecule has 200 valence electrons. The van der Waals surface area contributed by atoms with Crippen molar-refractivity contribution in [3.63, 3.8) is 0 Å². The van der Waals surface area contributed by atoms with Crippen LogP contribution in [0.5, 0.6) is 0 Å². The maximum absolute atomic E-state index is 13.0. The van der Waals surface area contributed by atoms with Crippen molar-refractivity contribution < 1.29 is 9.32 Å². The van der Waals surface area contributed by atoms with Crippen LogP contribution < -0.4 is 4.72 Å². The number of nitrogens with zero attached hydrogens (tertiary/aromatic N) is 5. The Kier molecular flexibility index (Phi) is 6.37. The zero-order chi connectivity index (χ0) is 27.4. The minimum Gasteiger partial charge on any atom is -0.393 e. The lowest BCUT2D eigenvalue weighted by Crippen LogP contribution is -2.43. The van der Waals surface area contributed by atoms with Gasteiger partial charge in [-0.15, -0.1) is 0 Å². The third-order valence-electron chi connectivity index (χ3n) is 7.77. The van der Waals surface area contributed by atoms with Crippen molar-refractivity contribution in [1.82, 2.24) is 24.5 Å². The van der Waals surface area contributed by atoms with Crippen molar-refractivity contribution in [3.05, 3.63) is 72.2 Å². The van der Waals surface area contributed by atoms with Crippen LogP contribution in [0.15, 0.2) is 60.8 Å². The number of hydrogen-bond acceptors (Lipinski definition) is 6. The SMILES string of the molecule is CC(C)(C)S(=O)N[C@H](c1cccc(-c2ccc3cnn(-c4cccc(C5(C#N)CC5)n4)c3c2)n1)C1CC(O)C1. The first kappa shape index (κ1) is 25.8. The summed E-state index contributed by atoms with van der Waals surface area (Å²) >= 11 is 0. The largest absolute Gasteiger partial charge is 0.393 e. The standard InChI is InChI=1S/C30H32N6O2S/c1-29(2,3)39(38)35-28(21-14-22(37)15-21)24-7-4-6-23(33-24)19-10-11-20-17-32-36(25(20)16-19)27-9-5-8-26(34-27)30(18-31)12-13-30/h4-11,16-17,21-22,28,35,37H,12-15H2,1-3H3/t21?,22?,28-,39?/m0/s1. The molecule has 2 fully saturated rings. The molecule has 9 heteroatoms. The van der Waals surface area contributed by atoms with Gasteiger partial charge in [-0.2, -0.15) is 10.4 Å². The topological polar surface area (TPSA) is 117 Å². The molecule has 1 unspecified atom stereocenters. The highest BCUT2D eigenvalue weighted by Crippen LogP contribution is 2.46. The third-order valence-corrected chi connectivity index (χ3v) is 9.35. The molecule has 39 heavy (non-hydrogen) atoms. The predicted molar refractivity (Wildman–Crippen MR) is 151 cm³/mol. The minimum absolute atomic E-state index is 0.166. The molecule has 3 aromatic heterocycles. The number of aliphatic hydroxyl groups excluding tert-OH is 1. The second-order valence-corrected chi connectivity index (χ2v) is 13.7. The molecule has 6 rings (SSSR count). The summed E-state index contributed by atoms with van der Waals surface area (Å²) in [7, 11) is -1.27. The Morgan fingerprint density at radius 3 is 2.59 bits per heavy atom. The van der Waals surface area contributed by atoms with E-state index in [1.54, 1.807) is 0 Å². The van der Waals surface area contributed by atoms with E-state index >= 15 is 0 Å². The Morgan fingerprint density at radius 2 is 1.90 bits per heavy atom. The average Bonchev–Trinajstić information content (AvgIpc) is 3.61. The lowest BCUT2D eigenvalue weighted by molar-refractivity contribution is 0.0275. The van der Waals surface area contributed by atoms with Gasteiger partial charge in [0.15, 0.2) is 5.82 Å². The predicted octanol–water partition coefficient (Wildman–Crippen LogP) is 4.90. The van der Waals surface area contributed by atoms with Crippen LogP contribution >= 0.6 is 0 Å². The van der Waals surface area contributed by atoms with Gasteiger partial charge in [0.2, 0.25) is 0 Å². The Hall–Kier alpha value is -3.45. The third kappa shape index (κ3) is 4.89. The maximum atomic E-state index is 13.0. The first-order chi connectivity index (χ1) is 18.7. The highest BCUT2D eigenvalue weighted by molar-refractivity contribution is 7.84. The molecule has 0 amide bonds. The fraction of sp³-hybridized carbons (Fsp3) is 0.400.